The lowest BCUT2D eigenvalue weighted by Gasteiger charge is -2.18. The van der Waals surface area contributed by atoms with Gasteiger partial charge in [0.2, 0.25) is 0 Å². The van der Waals surface area contributed by atoms with Gasteiger partial charge in [0.05, 0.1) is 33.2 Å². The van der Waals surface area contributed by atoms with Crippen LogP contribution in [0, 0.1) is 0 Å². The summed E-state index contributed by atoms with van der Waals surface area (Å²) in [5.74, 6) is 1.17. The standard InChI is InChI=1S/C21H22ClNO6/c1-3-27-20(24)11-14-4-6-18(26-2)19(10-14)29-17-7-5-16(22)12-15(17)13-23-8-9-28-21(23)25/h4-7,10,12H,3,8-9,11,13H2,1-2H3. The fraction of sp³-hybridized carbons (Fsp3) is 0.333. The Balaban J connectivity index is 1.86. The number of ether oxygens (including phenoxy) is 4. The maximum atomic E-state index is 11.8. The third-order valence-electron chi connectivity index (χ3n) is 4.33. The van der Waals surface area contributed by atoms with E-state index in [1.807, 2.05) is 0 Å². The molecule has 0 atom stereocenters. The second kappa shape index (κ2) is 9.52. The first kappa shape index (κ1) is 20.8. The topological polar surface area (TPSA) is 74.3 Å². The van der Waals surface area contributed by atoms with Crippen LogP contribution >= 0.6 is 11.6 Å². The molecule has 0 unspecified atom stereocenters. The van der Waals surface area contributed by atoms with Crippen LogP contribution in [-0.4, -0.2) is 43.8 Å². The summed E-state index contributed by atoms with van der Waals surface area (Å²) in [6.45, 7) is 3.26. The highest BCUT2D eigenvalue weighted by atomic mass is 35.5. The van der Waals surface area contributed by atoms with E-state index in [2.05, 4.69) is 0 Å². The van der Waals surface area contributed by atoms with E-state index in [1.165, 1.54) is 7.11 Å². The van der Waals surface area contributed by atoms with Crippen molar-refractivity contribution in [1.29, 1.82) is 0 Å². The van der Waals surface area contributed by atoms with Crippen LogP contribution in [0.2, 0.25) is 5.02 Å². The van der Waals surface area contributed by atoms with Crippen molar-refractivity contribution in [2.75, 3.05) is 26.9 Å². The highest BCUT2D eigenvalue weighted by Crippen LogP contribution is 2.35. The molecule has 1 heterocycles. The fourth-order valence-corrected chi connectivity index (χ4v) is 3.15. The number of benzene rings is 2. The first-order valence-corrected chi connectivity index (χ1v) is 9.58. The van der Waals surface area contributed by atoms with Crippen LogP contribution in [0.5, 0.6) is 17.2 Å². The second-order valence-corrected chi connectivity index (χ2v) is 6.79. The number of methoxy groups -OCH3 is 1. The molecule has 0 bridgehead atoms. The lowest BCUT2D eigenvalue weighted by atomic mass is 10.1. The SMILES string of the molecule is CCOC(=O)Cc1ccc(OC)c(Oc2ccc(Cl)cc2CN2CCOC2=O)c1. The number of halogens is 1. The van der Waals surface area contributed by atoms with Gasteiger partial charge in [0.15, 0.2) is 11.5 Å². The van der Waals surface area contributed by atoms with Crippen LogP contribution in [0.15, 0.2) is 36.4 Å². The zero-order valence-corrected chi connectivity index (χ0v) is 17.0. The van der Waals surface area contributed by atoms with E-state index in [0.29, 0.717) is 48.6 Å². The van der Waals surface area contributed by atoms with E-state index in [9.17, 15) is 9.59 Å². The molecule has 1 saturated heterocycles. The summed E-state index contributed by atoms with van der Waals surface area (Å²) in [6.07, 6.45) is -0.244. The van der Waals surface area contributed by atoms with E-state index in [1.54, 1.807) is 48.2 Å². The van der Waals surface area contributed by atoms with Crippen molar-refractivity contribution < 1.29 is 28.5 Å². The molecule has 1 amide bonds. The Morgan fingerprint density at radius 2 is 1.97 bits per heavy atom. The molecular formula is C21H22ClNO6. The summed E-state index contributed by atoms with van der Waals surface area (Å²) >= 11 is 6.15. The molecule has 0 spiro atoms. The van der Waals surface area contributed by atoms with Gasteiger partial charge in [-0.2, -0.15) is 0 Å². The number of amides is 1. The van der Waals surface area contributed by atoms with Gasteiger partial charge in [-0.05, 0) is 42.8 Å². The van der Waals surface area contributed by atoms with Gasteiger partial charge in [0.25, 0.3) is 0 Å². The Kier molecular flexibility index (Phi) is 6.82. The van der Waals surface area contributed by atoms with Crippen molar-refractivity contribution in [2.24, 2.45) is 0 Å². The lowest BCUT2D eigenvalue weighted by Crippen LogP contribution is -2.23. The van der Waals surface area contributed by atoms with Gasteiger partial charge >= 0.3 is 12.1 Å². The molecule has 0 aromatic heterocycles. The number of rotatable bonds is 8. The molecule has 0 saturated carbocycles. The Bertz CT molecular complexity index is 901. The van der Waals surface area contributed by atoms with Gasteiger partial charge in [0.1, 0.15) is 12.4 Å². The van der Waals surface area contributed by atoms with Crippen molar-refractivity contribution in [3.8, 4) is 17.2 Å². The van der Waals surface area contributed by atoms with Crippen LogP contribution in [0.25, 0.3) is 0 Å². The largest absolute Gasteiger partial charge is 0.493 e. The van der Waals surface area contributed by atoms with Crippen LogP contribution < -0.4 is 9.47 Å². The zero-order chi connectivity index (χ0) is 20.8. The number of carbonyl (C=O) groups excluding carboxylic acids is 2. The Morgan fingerprint density at radius 1 is 1.17 bits per heavy atom. The Hall–Kier alpha value is -2.93. The van der Waals surface area contributed by atoms with Crippen molar-refractivity contribution in [3.63, 3.8) is 0 Å². The molecule has 1 fully saturated rings. The molecule has 2 aromatic carbocycles. The summed E-state index contributed by atoms with van der Waals surface area (Å²) in [4.78, 5) is 25.2. The first-order valence-electron chi connectivity index (χ1n) is 9.20. The van der Waals surface area contributed by atoms with Crippen molar-refractivity contribution in [2.45, 2.75) is 19.9 Å². The molecule has 2 aromatic rings. The third-order valence-corrected chi connectivity index (χ3v) is 4.57. The zero-order valence-electron chi connectivity index (χ0n) is 16.3. The number of carbonyl (C=O) groups is 2. The molecule has 7 nitrogen and oxygen atoms in total. The highest BCUT2D eigenvalue weighted by Gasteiger charge is 2.23. The molecule has 3 rings (SSSR count). The number of hydrogen-bond donors (Lipinski definition) is 0. The number of hydrogen-bond acceptors (Lipinski definition) is 6. The summed E-state index contributed by atoms with van der Waals surface area (Å²) < 4.78 is 21.5. The van der Waals surface area contributed by atoms with Gasteiger partial charge in [-0.1, -0.05) is 17.7 Å². The Morgan fingerprint density at radius 3 is 2.66 bits per heavy atom. The quantitative estimate of drug-likeness (QED) is 0.597. The van der Waals surface area contributed by atoms with Crippen LogP contribution in [-0.2, 0) is 27.2 Å². The minimum Gasteiger partial charge on any atom is -0.493 e. The van der Waals surface area contributed by atoms with Gasteiger partial charge in [-0.15, -0.1) is 0 Å². The maximum Gasteiger partial charge on any atom is 0.410 e. The average Bonchev–Trinajstić information content (AvgIpc) is 3.09. The third kappa shape index (κ3) is 5.32. The van der Waals surface area contributed by atoms with E-state index >= 15 is 0 Å². The normalized spacial score (nSPS) is 13.2. The van der Waals surface area contributed by atoms with Crippen LogP contribution in [0.3, 0.4) is 0 Å². The van der Waals surface area contributed by atoms with E-state index < -0.39 is 0 Å². The van der Waals surface area contributed by atoms with E-state index in [-0.39, 0.29) is 18.5 Å². The highest BCUT2D eigenvalue weighted by molar-refractivity contribution is 6.30. The summed E-state index contributed by atoms with van der Waals surface area (Å²) in [5, 5.41) is 0.531. The summed E-state index contributed by atoms with van der Waals surface area (Å²) in [6, 6.07) is 10.4. The molecule has 154 valence electrons. The van der Waals surface area contributed by atoms with Gasteiger partial charge in [-0.3, -0.25) is 4.79 Å². The van der Waals surface area contributed by atoms with Gasteiger partial charge < -0.3 is 23.8 Å². The predicted molar refractivity (Wildman–Crippen MR) is 107 cm³/mol. The molecule has 0 aliphatic carbocycles. The molecule has 0 N–H and O–H groups in total. The number of esters is 1. The molecule has 8 heteroatoms. The molecule has 29 heavy (non-hydrogen) atoms. The summed E-state index contributed by atoms with van der Waals surface area (Å²) in [7, 11) is 1.54. The van der Waals surface area contributed by atoms with Gasteiger partial charge in [-0.25, -0.2) is 4.79 Å². The van der Waals surface area contributed by atoms with Crippen molar-refractivity contribution in [1.82, 2.24) is 4.90 Å². The smallest absolute Gasteiger partial charge is 0.410 e. The Labute approximate surface area is 174 Å². The first-order chi connectivity index (χ1) is 14.0. The maximum absolute atomic E-state index is 11.8. The monoisotopic (exact) mass is 419 g/mol. The van der Waals surface area contributed by atoms with E-state index in [4.69, 9.17) is 30.5 Å². The van der Waals surface area contributed by atoms with Gasteiger partial charge in [0, 0.05) is 10.6 Å². The minimum absolute atomic E-state index is 0.126. The minimum atomic E-state index is -0.370. The second-order valence-electron chi connectivity index (χ2n) is 6.36. The lowest BCUT2D eigenvalue weighted by molar-refractivity contribution is -0.142. The predicted octanol–water partition coefficient (Wildman–Crippen LogP) is 4.20. The van der Waals surface area contributed by atoms with Crippen molar-refractivity contribution >= 4 is 23.7 Å². The molecule has 1 aliphatic rings. The number of nitrogens with zero attached hydrogens (tertiary/aromatic N) is 1. The summed E-state index contributed by atoms with van der Waals surface area (Å²) in [5.41, 5.74) is 1.46. The van der Waals surface area contributed by atoms with Crippen LogP contribution in [0.4, 0.5) is 4.79 Å². The average molecular weight is 420 g/mol. The molecule has 1 aliphatic heterocycles. The molecular weight excluding hydrogens is 398 g/mol. The van der Waals surface area contributed by atoms with E-state index in [0.717, 1.165) is 11.1 Å². The number of cyclic esters (lactones) is 1. The van der Waals surface area contributed by atoms with Crippen LogP contribution in [0.1, 0.15) is 18.1 Å². The van der Waals surface area contributed by atoms with Crippen molar-refractivity contribution in [3.05, 3.63) is 52.5 Å². The molecule has 0 radical (unpaired) electrons. The fourth-order valence-electron chi connectivity index (χ4n) is 2.95.